The van der Waals surface area contributed by atoms with Gasteiger partial charge in [-0.05, 0) is 43.0 Å². The summed E-state index contributed by atoms with van der Waals surface area (Å²) in [5.41, 5.74) is 4.36. The maximum Gasteiger partial charge on any atom is 0.159 e. The SMILES string of the molecule is CCCCCCCCCCCc1ccc(-c2ncc(-c3ccc(OCC(C)F)cc3)cn2)cc1. The van der Waals surface area contributed by atoms with Crippen molar-refractivity contribution in [3.05, 3.63) is 66.5 Å². The van der Waals surface area contributed by atoms with Gasteiger partial charge in [0.2, 0.25) is 0 Å². The molecule has 2 aromatic carbocycles. The van der Waals surface area contributed by atoms with Crippen LogP contribution in [0.4, 0.5) is 4.39 Å². The van der Waals surface area contributed by atoms with Crippen molar-refractivity contribution in [3.8, 4) is 28.3 Å². The van der Waals surface area contributed by atoms with Gasteiger partial charge in [0.25, 0.3) is 0 Å². The quantitative estimate of drug-likeness (QED) is 0.212. The number of aryl methyl sites for hydroxylation is 1. The molecule has 0 aliphatic carbocycles. The minimum Gasteiger partial charge on any atom is -0.491 e. The fourth-order valence-corrected chi connectivity index (χ4v) is 4.04. The van der Waals surface area contributed by atoms with Gasteiger partial charge in [-0.15, -0.1) is 0 Å². The lowest BCUT2D eigenvalue weighted by molar-refractivity contribution is 0.210. The predicted molar refractivity (Wildman–Crippen MR) is 140 cm³/mol. The van der Waals surface area contributed by atoms with E-state index in [2.05, 4.69) is 41.2 Å². The number of benzene rings is 2. The van der Waals surface area contributed by atoms with E-state index in [1.807, 2.05) is 36.7 Å². The summed E-state index contributed by atoms with van der Waals surface area (Å²) < 4.78 is 18.3. The van der Waals surface area contributed by atoms with Gasteiger partial charge in [0.05, 0.1) is 0 Å². The van der Waals surface area contributed by atoms with E-state index in [4.69, 9.17) is 4.74 Å². The van der Waals surface area contributed by atoms with Crippen molar-refractivity contribution < 1.29 is 9.13 Å². The second-order valence-corrected chi connectivity index (χ2v) is 9.19. The number of aromatic nitrogens is 2. The van der Waals surface area contributed by atoms with Crippen LogP contribution in [0.25, 0.3) is 22.5 Å². The van der Waals surface area contributed by atoms with Crippen LogP contribution in [0.15, 0.2) is 60.9 Å². The van der Waals surface area contributed by atoms with Gasteiger partial charge >= 0.3 is 0 Å². The van der Waals surface area contributed by atoms with E-state index in [0.29, 0.717) is 5.75 Å². The van der Waals surface area contributed by atoms with Crippen molar-refractivity contribution in [2.75, 3.05) is 6.61 Å². The van der Waals surface area contributed by atoms with E-state index in [1.165, 1.54) is 70.3 Å². The largest absolute Gasteiger partial charge is 0.491 e. The number of alkyl halides is 1. The van der Waals surface area contributed by atoms with Gasteiger partial charge in [-0.2, -0.15) is 0 Å². The second-order valence-electron chi connectivity index (χ2n) is 9.19. The predicted octanol–water partition coefficient (Wildman–Crippen LogP) is 8.62. The summed E-state index contributed by atoms with van der Waals surface area (Å²) in [6, 6.07) is 16.2. The van der Waals surface area contributed by atoms with Crippen molar-refractivity contribution in [1.29, 1.82) is 0 Å². The average molecular weight is 463 g/mol. The Morgan fingerprint density at radius 2 is 1.26 bits per heavy atom. The highest BCUT2D eigenvalue weighted by Gasteiger charge is 2.05. The fraction of sp³-hybridized carbons (Fsp3) is 0.467. The lowest BCUT2D eigenvalue weighted by Gasteiger charge is -2.08. The average Bonchev–Trinajstić information content (AvgIpc) is 2.87. The van der Waals surface area contributed by atoms with E-state index < -0.39 is 6.17 Å². The molecular formula is C30H39FN2O. The molecule has 0 amide bonds. The van der Waals surface area contributed by atoms with Crippen LogP contribution >= 0.6 is 0 Å². The summed E-state index contributed by atoms with van der Waals surface area (Å²) in [6.45, 7) is 3.82. The molecule has 1 heterocycles. The Kier molecular flexibility index (Phi) is 11.0. The van der Waals surface area contributed by atoms with Gasteiger partial charge < -0.3 is 4.74 Å². The molecule has 1 unspecified atom stereocenters. The number of halogens is 1. The van der Waals surface area contributed by atoms with Gasteiger partial charge in [-0.3, -0.25) is 0 Å². The van der Waals surface area contributed by atoms with Crippen LogP contribution in [0.1, 0.15) is 77.2 Å². The summed E-state index contributed by atoms with van der Waals surface area (Å²) in [6.07, 6.45) is 16.1. The molecule has 0 aliphatic rings. The smallest absolute Gasteiger partial charge is 0.159 e. The molecule has 1 atom stereocenters. The summed E-state index contributed by atoms with van der Waals surface area (Å²) >= 11 is 0. The van der Waals surface area contributed by atoms with Crippen LogP contribution in [0, 0.1) is 0 Å². The van der Waals surface area contributed by atoms with Gasteiger partial charge in [-0.1, -0.05) is 94.7 Å². The second kappa shape index (κ2) is 14.5. The maximum atomic E-state index is 12.9. The molecule has 182 valence electrons. The number of ether oxygens (including phenoxy) is 1. The Bertz CT molecular complexity index is 937. The molecule has 0 radical (unpaired) electrons. The molecule has 3 aromatic rings. The third-order valence-corrected chi connectivity index (χ3v) is 6.10. The summed E-state index contributed by atoms with van der Waals surface area (Å²) in [7, 11) is 0. The first-order chi connectivity index (χ1) is 16.7. The topological polar surface area (TPSA) is 35.0 Å². The molecule has 3 rings (SSSR count). The molecule has 0 bridgehead atoms. The number of hydrogen-bond donors (Lipinski definition) is 0. The molecule has 0 fully saturated rings. The van der Waals surface area contributed by atoms with Crippen LogP contribution in [-0.4, -0.2) is 22.7 Å². The number of nitrogens with zero attached hydrogens (tertiary/aromatic N) is 2. The zero-order valence-corrected chi connectivity index (χ0v) is 20.8. The van der Waals surface area contributed by atoms with Crippen LogP contribution in [0.5, 0.6) is 5.75 Å². The molecule has 0 N–H and O–H groups in total. The summed E-state index contributed by atoms with van der Waals surface area (Å²) in [5, 5.41) is 0. The third-order valence-electron chi connectivity index (χ3n) is 6.10. The highest BCUT2D eigenvalue weighted by atomic mass is 19.1. The zero-order valence-electron chi connectivity index (χ0n) is 20.8. The van der Waals surface area contributed by atoms with E-state index in [0.717, 1.165) is 28.9 Å². The molecule has 0 aliphatic heterocycles. The van der Waals surface area contributed by atoms with Crippen LogP contribution in [0.3, 0.4) is 0 Å². The minimum atomic E-state index is -0.982. The Balaban J connectivity index is 1.43. The fourth-order valence-electron chi connectivity index (χ4n) is 4.04. The highest BCUT2D eigenvalue weighted by Crippen LogP contribution is 2.23. The molecule has 0 saturated carbocycles. The first kappa shape index (κ1) is 25.9. The molecule has 3 nitrogen and oxygen atoms in total. The maximum absolute atomic E-state index is 12.9. The van der Waals surface area contributed by atoms with Crippen molar-refractivity contribution in [3.63, 3.8) is 0 Å². The van der Waals surface area contributed by atoms with Crippen LogP contribution in [-0.2, 0) is 6.42 Å². The summed E-state index contributed by atoms with van der Waals surface area (Å²) in [4.78, 5) is 9.13. The lowest BCUT2D eigenvalue weighted by atomic mass is 10.0. The van der Waals surface area contributed by atoms with E-state index in [-0.39, 0.29) is 6.61 Å². The Morgan fingerprint density at radius 1 is 0.706 bits per heavy atom. The van der Waals surface area contributed by atoms with Crippen LogP contribution in [0.2, 0.25) is 0 Å². The van der Waals surface area contributed by atoms with E-state index in [1.54, 1.807) is 0 Å². The Labute approximate surface area is 204 Å². The van der Waals surface area contributed by atoms with E-state index >= 15 is 0 Å². The van der Waals surface area contributed by atoms with Crippen molar-refractivity contribution >= 4 is 0 Å². The summed E-state index contributed by atoms with van der Waals surface area (Å²) in [5.74, 6) is 1.39. The van der Waals surface area contributed by atoms with Gasteiger partial charge in [0.1, 0.15) is 18.5 Å². The minimum absolute atomic E-state index is 0.0646. The normalized spacial score (nSPS) is 12.0. The molecule has 1 aromatic heterocycles. The van der Waals surface area contributed by atoms with Crippen molar-refractivity contribution in [1.82, 2.24) is 9.97 Å². The molecule has 4 heteroatoms. The first-order valence-corrected chi connectivity index (χ1v) is 12.9. The molecule has 34 heavy (non-hydrogen) atoms. The number of hydrogen-bond acceptors (Lipinski definition) is 3. The Morgan fingerprint density at radius 3 is 1.85 bits per heavy atom. The highest BCUT2D eigenvalue weighted by molar-refractivity contribution is 5.64. The molecule has 0 spiro atoms. The molecular weight excluding hydrogens is 423 g/mol. The lowest BCUT2D eigenvalue weighted by Crippen LogP contribution is -2.08. The van der Waals surface area contributed by atoms with Gasteiger partial charge in [0, 0.05) is 23.5 Å². The van der Waals surface area contributed by atoms with Crippen molar-refractivity contribution in [2.45, 2.75) is 84.2 Å². The van der Waals surface area contributed by atoms with Crippen molar-refractivity contribution in [2.24, 2.45) is 0 Å². The monoisotopic (exact) mass is 462 g/mol. The first-order valence-electron chi connectivity index (χ1n) is 12.9. The van der Waals surface area contributed by atoms with Crippen LogP contribution < -0.4 is 4.74 Å². The standard InChI is InChI=1S/C30H39FN2O/c1-3-4-5-6-7-8-9-10-11-12-25-13-15-27(16-14-25)30-32-21-28(22-33-30)26-17-19-29(20-18-26)34-23-24(2)31/h13-22,24H,3-12,23H2,1-2H3. The van der Waals surface area contributed by atoms with Gasteiger partial charge in [0.15, 0.2) is 5.82 Å². The third kappa shape index (κ3) is 8.89. The van der Waals surface area contributed by atoms with Gasteiger partial charge in [-0.25, -0.2) is 14.4 Å². The zero-order chi connectivity index (χ0) is 24.0. The Hall–Kier alpha value is -2.75. The number of unbranched alkanes of at least 4 members (excludes halogenated alkanes) is 8. The number of rotatable bonds is 15. The van der Waals surface area contributed by atoms with E-state index in [9.17, 15) is 4.39 Å². The molecule has 0 saturated heterocycles.